The van der Waals surface area contributed by atoms with Crippen LogP contribution in [0.2, 0.25) is 0 Å². The molecule has 0 spiro atoms. The van der Waals surface area contributed by atoms with E-state index in [1.54, 1.807) is 31.2 Å². The fourth-order valence-corrected chi connectivity index (χ4v) is 1.19. The zero-order valence-corrected chi connectivity index (χ0v) is 9.30. The Hall–Kier alpha value is -2.57. The molecule has 0 aliphatic rings. The van der Waals surface area contributed by atoms with Gasteiger partial charge in [0.05, 0.1) is 30.9 Å². The molecule has 86 valence electrons. The smallest absolute Gasteiger partial charge is 0.305 e. The predicted octanol–water partition coefficient (Wildman–Crippen LogP) is 1.03. The Morgan fingerprint density at radius 2 is 1.76 bits per heavy atom. The maximum Gasteiger partial charge on any atom is 0.305 e. The summed E-state index contributed by atoms with van der Waals surface area (Å²) in [6.07, 6.45) is -0.362. The molecule has 0 aliphatic heterocycles. The second-order valence-corrected chi connectivity index (χ2v) is 3.19. The molecule has 0 aliphatic carbocycles. The number of carbonyl (C=O) groups is 1. The van der Waals surface area contributed by atoms with E-state index in [0.717, 1.165) is 0 Å². The van der Waals surface area contributed by atoms with Crippen molar-refractivity contribution in [3.05, 3.63) is 0 Å². The van der Waals surface area contributed by atoms with Crippen molar-refractivity contribution in [2.75, 3.05) is 6.61 Å². The van der Waals surface area contributed by atoms with Crippen LogP contribution in [0.1, 0.15) is 19.8 Å². The van der Waals surface area contributed by atoms with Gasteiger partial charge in [-0.2, -0.15) is 21.0 Å². The number of rotatable bonds is 5. The molecule has 17 heavy (non-hydrogen) atoms. The number of hydrogen-bond donors (Lipinski definition) is 0. The molecular weight excluding hydrogens is 220 g/mol. The lowest BCUT2D eigenvalue weighted by Crippen LogP contribution is -2.27. The highest BCUT2D eigenvalue weighted by Crippen LogP contribution is 2.31. The third-order valence-corrected chi connectivity index (χ3v) is 2.18. The van der Waals surface area contributed by atoms with Crippen molar-refractivity contribution in [3.8, 4) is 24.3 Å². The summed E-state index contributed by atoms with van der Waals surface area (Å²) in [5.74, 6) is -1.94. The Balaban J connectivity index is 4.86. The largest absolute Gasteiger partial charge is 0.466 e. The van der Waals surface area contributed by atoms with Crippen LogP contribution in [0, 0.1) is 56.7 Å². The summed E-state index contributed by atoms with van der Waals surface area (Å²) < 4.78 is 4.65. The summed E-state index contributed by atoms with van der Waals surface area (Å²) >= 11 is 0. The van der Waals surface area contributed by atoms with Crippen molar-refractivity contribution in [2.24, 2.45) is 11.3 Å². The van der Waals surface area contributed by atoms with Gasteiger partial charge in [0.2, 0.25) is 0 Å². The molecule has 0 atom stereocenters. The van der Waals surface area contributed by atoms with Crippen LogP contribution < -0.4 is 0 Å². The maximum absolute atomic E-state index is 11.1. The molecule has 0 aromatic carbocycles. The van der Waals surface area contributed by atoms with Gasteiger partial charge < -0.3 is 4.74 Å². The molecule has 6 nitrogen and oxygen atoms in total. The Labute approximate surface area is 99.2 Å². The minimum atomic E-state index is -1.78. The normalized spacial score (nSPS) is 9.53. The molecule has 0 heterocycles. The van der Waals surface area contributed by atoms with Gasteiger partial charge in [0, 0.05) is 6.42 Å². The lowest BCUT2D eigenvalue weighted by atomic mass is 9.76. The lowest BCUT2D eigenvalue weighted by Gasteiger charge is -2.17. The lowest BCUT2D eigenvalue weighted by molar-refractivity contribution is -0.143. The van der Waals surface area contributed by atoms with Gasteiger partial charge in [-0.15, -0.1) is 0 Å². The van der Waals surface area contributed by atoms with E-state index in [9.17, 15) is 4.79 Å². The second-order valence-electron chi connectivity index (χ2n) is 3.19. The number of ether oxygens (including phenoxy) is 1. The topological polar surface area (TPSA) is 121 Å². The molecule has 0 radical (unpaired) electrons. The van der Waals surface area contributed by atoms with Crippen LogP contribution in [0.3, 0.4) is 0 Å². The molecule has 0 aromatic heterocycles. The van der Waals surface area contributed by atoms with Crippen molar-refractivity contribution >= 4 is 5.97 Å². The highest BCUT2D eigenvalue weighted by atomic mass is 16.5. The predicted molar refractivity (Wildman–Crippen MR) is 54.2 cm³/mol. The number of nitrogens with zero attached hydrogens (tertiary/aromatic N) is 4. The highest BCUT2D eigenvalue weighted by molar-refractivity contribution is 5.69. The van der Waals surface area contributed by atoms with Crippen LogP contribution in [-0.4, -0.2) is 12.6 Å². The van der Waals surface area contributed by atoms with Crippen molar-refractivity contribution in [1.29, 1.82) is 21.0 Å². The first-order valence-electron chi connectivity index (χ1n) is 4.87. The second kappa shape index (κ2) is 6.83. The molecule has 0 bridgehead atoms. The molecular formula is C11H10N4O2. The number of nitriles is 4. The van der Waals surface area contributed by atoms with E-state index in [1.807, 2.05) is 0 Å². The minimum Gasteiger partial charge on any atom is -0.466 e. The number of esters is 1. The third kappa shape index (κ3) is 3.49. The van der Waals surface area contributed by atoms with E-state index < -0.39 is 17.3 Å². The summed E-state index contributed by atoms with van der Waals surface area (Å²) in [5, 5.41) is 35.3. The molecule has 0 amide bonds. The zero-order valence-electron chi connectivity index (χ0n) is 9.30. The maximum atomic E-state index is 11.1. The fourth-order valence-electron chi connectivity index (χ4n) is 1.19. The zero-order chi connectivity index (χ0) is 13.3. The fraction of sp³-hybridized carbons (Fsp3) is 0.545. The van der Waals surface area contributed by atoms with Crippen LogP contribution in [0.5, 0.6) is 0 Å². The average molecular weight is 230 g/mol. The molecule has 0 unspecified atom stereocenters. The third-order valence-electron chi connectivity index (χ3n) is 2.18. The van der Waals surface area contributed by atoms with Gasteiger partial charge >= 0.3 is 5.97 Å². The summed E-state index contributed by atoms with van der Waals surface area (Å²) in [6.45, 7) is 1.83. The molecule has 0 rings (SSSR count). The van der Waals surface area contributed by atoms with Crippen molar-refractivity contribution in [1.82, 2.24) is 0 Å². The van der Waals surface area contributed by atoms with Crippen LogP contribution in [0.25, 0.3) is 0 Å². The molecule has 0 saturated carbocycles. The number of carbonyl (C=O) groups excluding carboxylic acids is 1. The van der Waals surface area contributed by atoms with Crippen LogP contribution in [0.4, 0.5) is 0 Å². The minimum absolute atomic E-state index is 0.172. The standard InChI is InChI=1S/C11H10N4O2/c1-2-17-10(16)3-4-11(7-14,8-15)9(5-12)6-13/h9H,2-4H2,1H3. The van der Waals surface area contributed by atoms with Crippen LogP contribution in [-0.2, 0) is 9.53 Å². The van der Waals surface area contributed by atoms with Crippen LogP contribution in [0.15, 0.2) is 0 Å². The monoisotopic (exact) mass is 230 g/mol. The summed E-state index contributed by atoms with van der Waals surface area (Å²) in [6, 6.07) is 6.49. The van der Waals surface area contributed by atoms with Gasteiger partial charge in [0.15, 0.2) is 11.3 Å². The summed E-state index contributed by atoms with van der Waals surface area (Å²) in [5.41, 5.74) is -1.78. The molecule has 0 N–H and O–H groups in total. The Kier molecular flexibility index (Phi) is 5.80. The van der Waals surface area contributed by atoms with E-state index in [1.165, 1.54) is 0 Å². The van der Waals surface area contributed by atoms with E-state index in [0.29, 0.717) is 0 Å². The van der Waals surface area contributed by atoms with Gasteiger partial charge in [-0.3, -0.25) is 4.79 Å². The van der Waals surface area contributed by atoms with Gasteiger partial charge in [-0.25, -0.2) is 0 Å². The first kappa shape index (κ1) is 14.4. The Morgan fingerprint density at radius 3 is 2.12 bits per heavy atom. The van der Waals surface area contributed by atoms with Crippen LogP contribution >= 0.6 is 0 Å². The van der Waals surface area contributed by atoms with Crippen molar-refractivity contribution in [3.63, 3.8) is 0 Å². The summed E-state index contributed by atoms with van der Waals surface area (Å²) in [4.78, 5) is 11.1. The van der Waals surface area contributed by atoms with E-state index in [-0.39, 0.29) is 19.4 Å². The van der Waals surface area contributed by atoms with E-state index >= 15 is 0 Å². The van der Waals surface area contributed by atoms with Gasteiger partial charge in [-0.1, -0.05) is 0 Å². The first-order chi connectivity index (χ1) is 8.10. The SMILES string of the molecule is CCOC(=O)CCC(C#N)(C#N)C(C#N)C#N. The van der Waals surface area contributed by atoms with Crippen molar-refractivity contribution in [2.45, 2.75) is 19.8 Å². The molecule has 0 saturated heterocycles. The van der Waals surface area contributed by atoms with Crippen molar-refractivity contribution < 1.29 is 9.53 Å². The van der Waals surface area contributed by atoms with Gasteiger partial charge in [0.25, 0.3) is 0 Å². The van der Waals surface area contributed by atoms with E-state index in [4.69, 9.17) is 21.0 Å². The Morgan fingerprint density at radius 1 is 1.24 bits per heavy atom. The molecule has 6 heteroatoms. The molecule has 0 aromatic rings. The average Bonchev–Trinajstić information content (AvgIpc) is 2.35. The summed E-state index contributed by atoms with van der Waals surface area (Å²) in [7, 11) is 0. The number of hydrogen-bond acceptors (Lipinski definition) is 6. The van der Waals surface area contributed by atoms with Gasteiger partial charge in [0.1, 0.15) is 0 Å². The Bertz CT molecular complexity index is 416. The van der Waals surface area contributed by atoms with Gasteiger partial charge in [-0.05, 0) is 13.3 Å². The quantitative estimate of drug-likeness (QED) is 0.650. The highest BCUT2D eigenvalue weighted by Gasteiger charge is 2.40. The molecule has 0 fully saturated rings. The first-order valence-corrected chi connectivity index (χ1v) is 4.87. The van der Waals surface area contributed by atoms with E-state index in [2.05, 4.69) is 4.74 Å².